The lowest BCUT2D eigenvalue weighted by Gasteiger charge is -2.23. The van der Waals surface area contributed by atoms with E-state index in [0.29, 0.717) is 31.4 Å². The Morgan fingerprint density at radius 2 is 1.25 bits per heavy atom. The zero-order chi connectivity index (χ0) is 25.6. The van der Waals surface area contributed by atoms with Gasteiger partial charge < -0.3 is 16.0 Å². The van der Waals surface area contributed by atoms with Crippen LogP contribution < -0.4 is 21.4 Å². The van der Waals surface area contributed by atoms with Crippen molar-refractivity contribution in [2.45, 2.75) is 44.2 Å². The number of anilines is 1. The lowest BCUT2D eigenvalue weighted by atomic mass is 9.99. The van der Waals surface area contributed by atoms with Crippen molar-refractivity contribution in [3.63, 3.8) is 0 Å². The summed E-state index contributed by atoms with van der Waals surface area (Å²) in [6.45, 7) is 0. The summed E-state index contributed by atoms with van der Waals surface area (Å²) in [4.78, 5) is 37.4. The fourth-order valence-corrected chi connectivity index (χ4v) is 3.87. The summed E-state index contributed by atoms with van der Waals surface area (Å²) < 4.78 is 0. The molecule has 1 atom stereocenters. The van der Waals surface area contributed by atoms with E-state index in [4.69, 9.17) is 5.21 Å². The molecule has 0 bridgehead atoms. The summed E-state index contributed by atoms with van der Waals surface area (Å²) in [5.74, 6) is -0.765. The van der Waals surface area contributed by atoms with Crippen LogP contribution in [0.4, 0.5) is 10.5 Å². The number of hydrogen-bond donors (Lipinski definition) is 5. The number of carbonyl (C=O) groups is 3. The second-order valence-electron chi connectivity index (χ2n) is 8.41. The van der Waals surface area contributed by atoms with Crippen molar-refractivity contribution >= 4 is 23.5 Å². The molecule has 8 heteroatoms. The molecule has 3 aromatic carbocycles. The van der Waals surface area contributed by atoms with E-state index in [2.05, 4.69) is 16.0 Å². The van der Waals surface area contributed by atoms with Crippen LogP contribution >= 0.6 is 0 Å². The molecule has 3 aromatic rings. The molecule has 0 unspecified atom stereocenters. The van der Waals surface area contributed by atoms with Gasteiger partial charge in [-0.25, -0.2) is 10.3 Å². The number of para-hydroxylation sites is 1. The van der Waals surface area contributed by atoms with Gasteiger partial charge in [-0.3, -0.25) is 14.8 Å². The smallest absolute Gasteiger partial charge is 0.316 e. The van der Waals surface area contributed by atoms with Crippen molar-refractivity contribution < 1.29 is 19.6 Å². The molecule has 0 saturated carbocycles. The molecule has 0 aliphatic carbocycles. The van der Waals surface area contributed by atoms with Gasteiger partial charge in [-0.15, -0.1) is 0 Å². The van der Waals surface area contributed by atoms with Crippen molar-refractivity contribution in [3.05, 3.63) is 102 Å². The van der Waals surface area contributed by atoms with E-state index in [1.54, 1.807) is 17.6 Å². The first-order valence-corrected chi connectivity index (χ1v) is 12.0. The van der Waals surface area contributed by atoms with E-state index in [1.807, 2.05) is 78.9 Å². The maximum Gasteiger partial charge on any atom is 0.316 e. The second-order valence-corrected chi connectivity index (χ2v) is 8.41. The van der Waals surface area contributed by atoms with Gasteiger partial charge in [0.25, 0.3) is 0 Å². The van der Waals surface area contributed by atoms with E-state index in [0.717, 1.165) is 11.1 Å². The number of nitrogens with one attached hydrogen (secondary N) is 4. The van der Waals surface area contributed by atoms with Crippen LogP contribution in [0.3, 0.4) is 0 Å². The third-order valence-electron chi connectivity index (χ3n) is 5.73. The first-order valence-electron chi connectivity index (χ1n) is 12.0. The van der Waals surface area contributed by atoms with Crippen LogP contribution in [-0.2, 0) is 9.59 Å². The van der Waals surface area contributed by atoms with Crippen LogP contribution in [0.1, 0.15) is 49.3 Å². The van der Waals surface area contributed by atoms with Gasteiger partial charge in [0.05, 0.1) is 6.04 Å². The van der Waals surface area contributed by atoms with E-state index in [1.165, 1.54) is 0 Å². The molecule has 0 fully saturated rings. The molecule has 0 aliphatic heterocycles. The molecule has 3 rings (SSSR count). The Morgan fingerprint density at radius 1 is 0.694 bits per heavy atom. The minimum Gasteiger partial charge on any atom is -0.327 e. The fourth-order valence-electron chi connectivity index (χ4n) is 3.87. The predicted octanol–water partition coefficient (Wildman–Crippen LogP) is 4.54. The minimum atomic E-state index is -0.774. The third kappa shape index (κ3) is 8.56. The van der Waals surface area contributed by atoms with Gasteiger partial charge in [-0.2, -0.15) is 0 Å². The number of hydrogen-bond acceptors (Lipinski definition) is 4. The molecule has 188 valence electrons. The zero-order valence-corrected chi connectivity index (χ0v) is 20.0. The van der Waals surface area contributed by atoms with Crippen molar-refractivity contribution in [3.8, 4) is 0 Å². The van der Waals surface area contributed by atoms with Crippen molar-refractivity contribution in [1.29, 1.82) is 0 Å². The van der Waals surface area contributed by atoms with Crippen LogP contribution in [0.2, 0.25) is 0 Å². The van der Waals surface area contributed by atoms with Gasteiger partial charge in [-0.1, -0.05) is 91.7 Å². The van der Waals surface area contributed by atoms with Crippen LogP contribution in [0.15, 0.2) is 91.0 Å². The zero-order valence-electron chi connectivity index (χ0n) is 20.0. The highest BCUT2D eigenvalue weighted by Crippen LogP contribution is 2.21. The first kappa shape index (κ1) is 26.4. The number of hydroxylamine groups is 1. The molecule has 0 spiro atoms. The Balaban J connectivity index is 1.68. The Morgan fingerprint density at radius 3 is 1.81 bits per heavy atom. The van der Waals surface area contributed by atoms with Crippen molar-refractivity contribution in [1.82, 2.24) is 16.1 Å². The lowest BCUT2D eigenvalue weighted by Crippen LogP contribution is -2.48. The first-order chi connectivity index (χ1) is 17.6. The van der Waals surface area contributed by atoms with Gasteiger partial charge in [0.1, 0.15) is 6.04 Å². The Labute approximate surface area is 211 Å². The van der Waals surface area contributed by atoms with Crippen LogP contribution in [0.5, 0.6) is 0 Å². The highest BCUT2D eigenvalue weighted by Gasteiger charge is 2.23. The molecular weight excluding hydrogens is 456 g/mol. The van der Waals surface area contributed by atoms with Crippen LogP contribution in [-0.4, -0.2) is 29.1 Å². The Hall–Kier alpha value is -4.17. The number of urea groups is 1. The fraction of sp³-hybridized carbons (Fsp3) is 0.250. The largest absolute Gasteiger partial charge is 0.327 e. The molecule has 8 nitrogen and oxygen atoms in total. The minimum absolute atomic E-state index is 0.196. The molecule has 0 radical (unpaired) electrons. The summed E-state index contributed by atoms with van der Waals surface area (Å²) in [6.07, 6.45) is 2.44. The maximum absolute atomic E-state index is 13.1. The molecule has 5 N–H and O–H groups in total. The van der Waals surface area contributed by atoms with Crippen molar-refractivity contribution in [2.24, 2.45) is 0 Å². The van der Waals surface area contributed by atoms with E-state index >= 15 is 0 Å². The lowest BCUT2D eigenvalue weighted by molar-refractivity contribution is -0.129. The molecule has 36 heavy (non-hydrogen) atoms. The molecule has 0 saturated heterocycles. The SMILES string of the molecule is O=C(CCCCC[C@H](NC(=O)NC(c1ccccc1)c1ccccc1)C(=O)Nc1ccccc1)NO. The highest BCUT2D eigenvalue weighted by atomic mass is 16.5. The molecule has 0 aliphatic rings. The Kier molecular flexibility index (Phi) is 10.5. The molecule has 4 amide bonds. The topological polar surface area (TPSA) is 120 Å². The standard InChI is InChI=1S/C28H32N4O4/c33-25(32-36)20-12-4-11-19-24(27(34)29-23-17-9-3-10-18-23)30-28(35)31-26(21-13-5-1-6-14-21)22-15-7-2-8-16-22/h1-3,5-10,13-18,24,26,36H,4,11-12,19-20H2,(H,29,34)(H,32,33)(H2,30,31,35)/t24-/m0/s1. The number of unbranched alkanes of at least 4 members (excludes halogenated alkanes) is 2. The van der Waals surface area contributed by atoms with E-state index in [-0.39, 0.29) is 18.4 Å². The van der Waals surface area contributed by atoms with E-state index < -0.39 is 18.0 Å². The number of carbonyl (C=O) groups excluding carboxylic acids is 3. The van der Waals surface area contributed by atoms with Gasteiger partial charge in [0.15, 0.2) is 0 Å². The molecule has 0 heterocycles. The van der Waals surface area contributed by atoms with Crippen LogP contribution in [0.25, 0.3) is 0 Å². The second kappa shape index (κ2) is 14.3. The number of rotatable bonds is 12. The van der Waals surface area contributed by atoms with Gasteiger partial charge in [-0.05, 0) is 36.1 Å². The average Bonchev–Trinajstić information content (AvgIpc) is 2.92. The number of benzene rings is 3. The van der Waals surface area contributed by atoms with Crippen LogP contribution in [0, 0.1) is 0 Å². The quantitative estimate of drug-likeness (QED) is 0.146. The monoisotopic (exact) mass is 488 g/mol. The average molecular weight is 489 g/mol. The highest BCUT2D eigenvalue weighted by molar-refractivity contribution is 5.97. The van der Waals surface area contributed by atoms with Crippen molar-refractivity contribution in [2.75, 3.05) is 5.32 Å². The third-order valence-corrected chi connectivity index (χ3v) is 5.73. The summed E-state index contributed by atoms with van der Waals surface area (Å²) in [6, 6.07) is 26.7. The van der Waals surface area contributed by atoms with Gasteiger partial charge in [0.2, 0.25) is 11.8 Å². The van der Waals surface area contributed by atoms with E-state index in [9.17, 15) is 14.4 Å². The summed E-state index contributed by atoms with van der Waals surface area (Å²) in [5, 5.41) is 17.3. The Bertz CT molecular complexity index is 1050. The maximum atomic E-state index is 13.1. The predicted molar refractivity (Wildman–Crippen MR) is 138 cm³/mol. The molecule has 0 aromatic heterocycles. The molecular formula is C28H32N4O4. The normalized spacial score (nSPS) is 11.4. The summed E-state index contributed by atoms with van der Waals surface area (Å²) in [7, 11) is 0. The van der Waals surface area contributed by atoms with Gasteiger partial charge >= 0.3 is 6.03 Å². The summed E-state index contributed by atoms with van der Waals surface area (Å²) in [5.41, 5.74) is 4.10. The number of amides is 4. The summed E-state index contributed by atoms with van der Waals surface area (Å²) >= 11 is 0. The van der Waals surface area contributed by atoms with Gasteiger partial charge in [0, 0.05) is 12.1 Å².